The summed E-state index contributed by atoms with van der Waals surface area (Å²) in [5.74, 6) is 0. The highest BCUT2D eigenvalue weighted by atomic mass is 16.5. The van der Waals surface area contributed by atoms with Crippen LogP contribution in [0.25, 0.3) is 5.69 Å². The molecule has 0 atom stereocenters. The Morgan fingerprint density at radius 2 is 1.84 bits per heavy atom. The number of nitrogens with zero attached hydrogens (tertiary/aromatic N) is 2. The second kappa shape index (κ2) is 8.32. The zero-order valence-corrected chi connectivity index (χ0v) is 15.1. The van der Waals surface area contributed by atoms with Crippen LogP contribution in [0.15, 0.2) is 47.4 Å². The van der Waals surface area contributed by atoms with Gasteiger partial charge in [0.05, 0.1) is 13.2 Å². The summed E-state index contributed by atoms with van der Waals surface area (Å²) in [4.78, 5) is 15.0. The molecule has 0 unspecified atom stereocenters. The second-order valence-corrected chi connectivity index (χ2v) is 6.77. The van der Waals surface area contributed by atoms with Gasteiger partial charge in [-0.3, -0.25) is 14.3 Å². The minimum atomic E-state index is -0.0164. The summed E-state index contributed by atoms with van der Waals surface area (Å²) in [5, 5.41) is 3.20. The van der Waals surface area contributed by atoms with Crippen LogP contribution in [0.4, 0.5) is 5.69 Å². The van der Waals surface area contributed by atoms with Gasteiger partial charge in [0.25, 0.3) is 5.56 Å². The van der Waals surface area contributed by atoms with Crippen molar-refractivity contribution in [3.63, 3.8) is 0 Å². The van der Waals surface area contributed by atoms with Crippen molar-refractivity contribution in [2.24, 2.45) is 0 Å². The van der Waals surface area contributed by atoms with Crippen molar-refractivity contribution in [1.29, 1.82) is 0 Å². The van der Waals surface area contributed by atoms with E-state index in [-0.39, 0.29) is 11.6 Å². The molecule has 5 nitrogen and oxygen atoms in total. The quantitative estimate of drug-likeness (QED) is 0.877. The normalized spacial score (nSPS) is 15.5. The van der Waals surface area contributed by atoms with Gasteiger partial charge in [0.2, 0.25) is 0 Å². The van der Waals surface area contributed by atoms with Crippen molar-refractivity contribution in [2.75, 3.05) is 38.2 Å². The number of hydrogen-bond acceptors (Lipinski definition) is 4. The number of aromatic nitrogens is 1. The molecule has 1 aliphatic heterocycles. The molecular formula is C20H27N3O2. The summed E-state index contributed by atoms with van der Waals surface area (Å²) in [6.07, 6.45) is 2.83. The van der Waals surface area contributed by atoms with Crippen LogP contribution in [0.3, 0.4) is 0 Å². The maximum atomic E-state index is 12.6. The van der Waals surface area contributed by atoms with Crippen LogP contribution in [0.1, 0.15) is 19.4 Å². The van der Waals surface area contributed by atoms with E-state index < -0.39 is 0 Å². The molecule has 5 heteroatoms. The molecule has 1 aromatic carbocycles. The maximum Gasteiger partial charge on any atom is 0.278 e. The molecule has 3 rings (SSSR count). The van der Waals surface area contributed by atoms with Gasteiger partial charge in [-0.15, -0.1) is 0 Å². The zero-order chi connectivity index (χ0) is 17.6. The van der Waals surface area contributed by atoms with Gasteiger partial charge in [-0.1, -0.05) is 12.1 Å². The molecule has 1 N–H and O–H groups in total. The lowest BCUT2D eigenvalue weighted by molar-refractivity contribution is 0.0384. The molecule has 25 heavy (non-hydrogen) atoms. The minimum Gasteiger partial charge on any atom is -0.379 e. The van der Waals surface area contributed by atoms with Gasteiger partial charge in [-0.25, -0.2) is 0 Å². The fraction of sp³-hybridized carbons (Fsp3) is 0.450. The van der Waals surface area contributed by atoms with E-state index in [1.54, 1.807) is 4.57 Å². The molecule has 1 fully saturated rings. The monoisotopic (exact) mass is 341 g/mol. The number of rotatable bonds is 6. The smallest absolute Gasteiger partial charge is 0.278 e. The van der Waals surface area contributed by atoms with Crippen LogP contribution < -0.4 is 10.9 Å². The third kappa shape index (κ3) is 4.71. The Labute approximate surface area is 149 Å². The number of hydrogen-bond donors (Lipinski definition) is 1. The molecule has 2 aromatic rings. The Bertz CT molecular complexity index is 731. The Morgan fingerprint density at radius 3 is 2.52 bits per heavy atom. The van der Waals surface area contributed by atoms with E-state index in [0.717, 1.165) is 45.0 Å². The van der Waals surface area contributed by atoms with Gasteiger partial charge < -0.3 is 10.1 Å². The summed E-state index contributed by atoms with van der Waals surface area (Å²) >= 11 is 0. The second-order valence-electron chi connectivity index (χ2n) is 6.77. The van der Waals surface area contributed by atoms with Crippen LogP contribution in [0, 0.1) is 0 Å². The Hall–Kier alpha value is -2.11. The van der Waals surface area contributed by atoms with Gasteiger partial charge in [0, 0.05) is 37.6 Å². The number of pyridine rings is 1. The first-order valence-corrected chi connectivity index (χ1v) is 9.01. The summed E-state index contributed by atoms with van der Waals surface area (Å²) in [6, 6.07) is 12.2. The van der Waals surface area contributed by atoms with Crippen LogP contribution in [0.2, 0.25) is 0 Å². The van der Waals surface area contributed by atoms with Crippen LogP contribution in [-0.4, -0.2) is 48.4 Å². The van der Waals surface area contributed by atoms with Crippen LogP contribution in [-0.2, 0) is 11.2 Å². The fourth-order valence-electron chi connectivity index (χ4n) is 3.05. The van der Waals surface area contributed by atoms with Crippen molar-refractivity contribution >= 4 is 5.69 Å². The van der Waals surface area contributed by atoms with E-state index in [4.69, 9.17) is 4.74 Å². The largest absolute Gasteiger partial charge is 0.379 e. The number of anilines is 1. The first-order valence-electron chi connectivity index (χ1n) is 9.01. The van der Waals surface area contributed by atoms with Crippen molar-refractivity contribution < 1.29 is 4.74 Å². The first-order chi connectivity index (χ1) is 12.1. The van der Waals surface area contributed by atoms with Gasteiger partial charge in [0.15, 0.2) is 0 Å². The average Bonchev–Trinajstić information content (AvgIpc) is 2.63. The molecule has 0 radical (unpaired) electrons. The molecule has 0 bridgehead atoms. The van der Waals surface area contributed by atoms with Crippen LogP contribution >= 0.6 is 0 Å². The Balaban J connectivity index is 1.68. The van der Waals surface area contributed by atoms with Gasteiger partial charge in [0.1, 0.15) is 5.69 Å². The van der Waals surface area contributed by atoms with E-state index in [9.17, 15) is 4.79 Å². The topological polar surface area (TPSA) is 46.5 Å². The maximum absolute atomic E-state index is 12.6. The number of ether oxygens (including phenoxy) is 1. The van der Waals surface area contributed by atoms with Crippen molar-refractivity contribution in [3.05, 3.63) is 58.5 Å². The van der Waals surface area contributed by atoms with Crippen molar-refractivity contribution in [3.8, 4) is 5.69 Å². The van der Waals surface area contributed by atoms with Gasteiger partial charge in [-0.05, 0) is 50.1 Å². The zero-order valence-electron chi connectivity index (χ0n) is 15.1. The Morgan fingerprint density at radius 1 is 1.12 bits per heavy atom. The molecule has 134 valence electrons. The first kappa shape index (κ1) is 17.7. The van der Waals surface area contributed by atoms with Crippen molar-refractivity contribution in [2.45, 2.75) is 26.3 Å². The molecular weight excluding hydrogens is 314 g/mol. The lowest BCUT2D eigenvalue weighted by Gasteiger charge is -2.26. The molecule has 1 aliphatic rings. The average molecular weight is 341 g/mol. The summed E-state index contributed by atoms with van der Waals surface area (Å²) in [6.45, 7) is 8.81. The van der Waals surface area contributed by atoms with Gasteiger partial charge in [-0.2, -0.15) is 0 Å². The van der Waals surface area contributed by atoms with E-state index in [1.807, 2.05) is 44.3 Å². The molecule has 2 heterocycles. The van der Waals surface area contributed by atoms with E-state index in [2.05, 4.69) is 22.3 Å². The third-order valence-electron chi connectivity index (χ3n) is 4.43. The van der Waals surface area contributed by atoms with Crippen molar-refractivity contribution in [1.82, 2.24) is 9.47 Å². The summed E-state index contributed by atoms with van der Waals surface area (Å²) < 4.78 is 7.07. The van der Waals surface area contributed by atoms with E-state index in [1.165, 1.54) is 5.56 Å². The highest BCUT2D eigenvalue weighted by Gasteiger charge is 2.10. The highest BCUT2D eigenvalue weighted by molar-refractivity contribution is 5.45. The highest BCUT2D eigenvalue weighted by Crippen LogP contribution is 2.11. The fourth-order valence-corrected chi connectivity index (χ4v) is 3.05. The predicted molar refractivity (Wildman–Crippen MR) is 102 cm³/mol. The van der Waals surface area contributed by atoms with E-state index in [0.29, 0.717) is 5.69 Å². The summed E-state index contributed by atoms with van der Waals surface area (Å²) in [5.41, 5.74) is 2.80. The molecule has 0 aliphatic carbocycles. The van der Waals surface area contributed by atoms with Crippen LogP contribution in [0.5, 0.6) is 0 Å². The predicted octanol–water partition coefficient (Wildman–Crippen LogP) is 2.53. The Kier molecular flexibility index (Phi) is 5.89. The van der Waals surface area contributed by atoms with Gasteiger partial charge >= 0.3 is 0 Å². The number of morpholine rings is 1. The third-order valence-corrected chi connectivity index (χ3v) is 4.43. The molecule has 0 saturated carbocycles. The lowest BCUT2D eigenvalue weighted by atomic mass is 10.1. The number of benzene rings is 1. The SMILES string of the molecule is CC(C)Nc1cccn(-c2ccc(CCN3CCOCC3)cc2)c1=O. The summed E-state index contributed by atoms with van der Waals surface area (Å²) in [7, 11) is 0. The minimum absolute atomic E-state index is 0.0164. The molecule has 0 spiro atoms. The standard InChI is InChI=1S/C20H27N3O2/c1-16(2)21-19-4-3-10-23(20(19)24)18-7-5-17(6-8-18)9-11-22-12-14-25-15-13-22/h3-8,10,16,21H,9,11-15H2,1-2H3. The number of nitrogens with one attached hydrogen (secondary N) is 1. The van der Waals surface area contributed by atoms with E-state index >= 15 is 0 Å². The lowest BCUT2D eigenvalue weighted by Crippen LogP contribution is -2.37. The molecule has 1 aromatic heterocycles. The molecule has 1 saturated heterocycles. The molecule has 0 amide bonds.